The summed E-state index contributed by atoms with van der Waals surface area (Å²) in [6, 6.07) is 3.47. The molecule has 1 saturated carbocycles. The monoisotopic (exact) mass is 312 g/mol. The highest BCUT2D eigenvalue weighted by molar-refractivity contribution is 5.94. The van der Waals surface area contributed by atoms with E-state index < -0.39 is 0 Å². The van der Waals surface area contributed by atoms with Gasteiger partial charge in [0.05, 0.1) is 5.56 Å². The van der Waals surface area contributed by atoms with Gasteiger partial charge in [-0.15, -0.1) is 10.2 Å². The quantitative estimate of drug-likeness (QED) is 0.871. The lowest BCUT2D eigenvalue weighted by atomic mass is 9.85. The van der Waals surface area contributed by atoms with Gasteiger partial charge in [0, 0.05) is 24.9 Å². The SMILES string of the molecule is O=C(c1cccnc1)N1CCCC[C@H]1c1nnc(C2CCC2)o1. The smallest absolute Gasteiger partial charge is 0.256 e. The maximum Gasteiger partial charge on any atom is 0.256 e. The van der Waals surface area contributed by atoms with Gasteiger partial charge in [0.1, 0.15) is 6.04 Å². The zero-order chi connectivity index (χ0) is 15.6. The van der Waals surface area contributed by atoms with Gasteiger partial charge < -0.3 is 9.32 Å². The Morgan fingerprint density at radius 2 is 2.00 bits per heavy atom. The number of nitrogens with zero attached hydrogens (tertiary/aromatic N) is 4. The number of carbonyl (C=O) groups excluding carboxylic acids is 1. The Balaban J connectivity index is 1.57. The molecule has 0 aromatic carbocycles. The van der Waals surface area contributed by atoms with Crippen LogP contribution in [0.3, 0.4) is 0 Å². The van der Waals surface area contributed by atoms with Gasteiger partial charge in [0.25, 0.3) is 5.91 Å². The van der Waals surface area contributed by atoms with Crippen molar-refractivity contribution in [2.45, 2.75) is 50.5 Å². The van der Waals surface area contributed by atoms with E-state index in [9.17, 15) is 4.79 Å². The van der Waals surface area contributed by atoms with Crippen molar-refractivity contribution in [3.05, 3.63) is 41.9 Å². The average molecular weight is 312 g/mol. The maximum absolute atomic E-state index is 12.8. The minimum Gasteiger partial charge on any atom is -0.423 e. The summed E-state index contributed by atoms with van der Waals surface area (Å²) < 4.78 is 5.91. The predicted molar refractivity (Wildman–Crippen MR) is 82.8 cm³/mol. The van der Waals surface area contributed by atoms with Gasteiger partial charge in [-0.1, -0.05) is 6.42 Å². The van der Waals surface area contributed by atoms with Gasteiger partial charge >= 0.3 is 0 Å². The molecule has 2 aliphatic rings. The summed E-state index contributed by atoms with van der Waals surface area (Å²) in [6.07, 6.45) is 9.73. The highest BCUT2D eigenvalue weighted by atomic mass is 16.4. The van der Waals surface area contributed by atoms with Crippen molar-refractivity contribution < 1.29 is 9.21 Å². The molecule has 3 heterocycles. The van der Waals surface area contributed by atoms with Crippen molar-refractivity contribution >= 4 is 5.91 Å². The van der Waals surface area contributed by atoms with E-state index in [0.717, 1.165) is 44.5 Å². The molecule has 1 amide bonds. The molecule has 0 bridgehead atoms. The molecule has 2 fully saturated rings. The molecule has 1 aliphatic carbocycles. The van der Waals surface area contributed by atoms with Crippen molar-refractivity contribution in [1.29, 1.82) is 0 Å². The fourth-order valence-corrected chi connectivity index (χ4v) is 3.29. The summed E-state index contributed by atoms with van der Waals surface area (Å²) in [6.45, 7) is 0.722. The van der Waals surface area contributed by atoms with Crippen LogP contribution in [0.15, 0.2) is 28.9 Å². The van der Waals surface area contributed by atoms with Crippen molar-refractivity contribution in [3.8, 4) is 0 Å². The summed E-state index contributed by atoms with van der Waals surface area (Å²) in [5.41, 5.74) is 0.609. The Kier molecular flexibility index (Phi) is 3.81. The lowest BCUT2D eigenvalue weighted by molar-refractivity contribution is 0.0567. The molecule has 2 aromatic heterocycles. The Labute approximate surface area is 134 Å². The summed E-state index contributed by atoms with van der Waals surface area (Å²) in [5.74, 6) is 1.74. The molecular formula is C17H20N4O2. The van der Waals surface area contributed by atoms with E-state index in [4.69, 9.17) is 4.42 Å². The molecule has 0 unspecified atom stereocenters. The second-order valence-electron chi connectivity index (χ2n) is 6.36. The van der Waals surface area contributed by atoms with Crippen molar-refractivity contribution in [2.75, 3.05) is 6.54 Å². The van der Waals surface area contributed by atoms with Gasteiger partial charge in [-0.3, -0.25) is 9.78 Å². The summed E-state index contributed by atoms with van der Waals surface area (Å²) in [4.78, 5) is 18.7. The molecule has 1 atom stereocenters. The third kappa shape index (κ3) is 2.73. The van der Waals surface area contributed by atoms with Crippen LogP contribution >= 0.6 is 0 Å². The summed E-state index contributed by atoms with van der Waals surface area (Å²) in [5, 5.41) is 8.46. The number of likely N-dealkylation sites (tertiary alicyclic amines) is 1. The van der Waals surface area contributed by atoms with Gasteiger partial charge in [-0.05, 0) is 44.2 Å². The summed E-state index contributed by atoms with van der Waals surface area (Å²) >= 11 is 0. The van der Waals surface area contributed by atoms with Crippen molar-refractivity contribution in [2.24, 2.45) is 0 Å². The number of carbonyl (C=O) groups is 1. The van der Waals surface area contributed by atoms with Crippen LogP contribution in [-0.2, 0) is 0 Å². The molecule has 0 N–H and O–H groups in total. The molecule has 6 nitrogen and oxygen atoms in total. The Hall–Kier alpha value is -2.24. The standard InChI is InChI=1S/C17H20N4O2/c22-17(13-7-4-9-18-11-13)21-10-2-1-8-14(21)16-20-19-15(23-16)12-5-3-6-12/h4,7,9,11-12,14H,1-3,5-6,8,10H2/t14-/m0/s1. The third-order valence-corrected chi connectivity index (χ3v) is 4.87. The molecule has 6 heteroatoms. The van der Waals surface area contributed by atoms with E-state index in [-0.39, 0.29) is 11.9 Å². The van der Waals surface area contributed by atoms with Crippen LogP contribution in [0.1, 0.15) is 72.6 Å². The second-order valence-corrected chi connectivity index (χ2v) is 6.36. The van der Waals surface area contributed by atoms with Crippen LogP contribution in [0.25, 0.3) is 0 Å². The predicted octanol–water partition coefficient (Wildman–Crippen LogP) is 3.10. The van der Waals surface area contributed by atoms with Gasteiger partial charge in [-0.2, -0.15) is 0 Å². The third-order valence-electron chi connectivity index (χ3n) is 4.87. The molecular weight excluding hydrogens is 292 g/mol. The Morgan fingerprint density at radius 1 is 1.13 bits per heavy atom. The minimum atomic E-state index is -0.113. The van der Waals surface area contributed by atoms with Gasteiger partial charge in [0.15, 0.2) is 0 Å². The molecule has 0 radical (unpaired) electrons. The zero-order valence-corrected chi connectivity index (χ0v) is 13.0. The maximum atomic E-state index is 12.8. The number of hydrogen-bond donors (Lipinski definition) is 0. The van der Waals surface area contributed by atoms with Gasteiger partial charge in [-0.25, -0.2) is 0 Å². The fourth-order valence-electron chi connectivity index (χ4n) is 3.29. The minimum absolute atomic E-state index is 0.00815. The highest BCUT2D eigenvalue weighted by Gasteiger charge is 2.34. The number of piperidine rings is 1. The van der Waals surface area contributed by atoms with Crippen molar-refractivity contribution in [3.63, 3.8) is 0 Å². The number of amides is 1. The first kappa shape index (κ1) is 14.4. The van der Waals surface area contributed by atoms with E-state index in [1.165, 1.54) is 6.42 Å². The molecule has 1 aliphatic heterocycles. The summed E-state index contributed by atoms with van der Waals surface area (Å²) in [7, 11) is 0. The van der Waals surface area contributed by atoms with Crippen molar-refractivity contribution in [1.82, 2.24) is 20.1 Å². The van der Waals surface area contributed by atoms with Crippen LogP contribution in [-0.4, -0.2) is 32.5 Å². The van der Waals surface area contributed by atoms with E-state index in [0.29, 0.717) is 17.4 Å². The molecule has 4 rings (SSSR count). The Bertz CT molecular complexity index is 681. The second kappa shape index (κ2) is 6.10. The first-order valence-corrected chi connectivity index (χ1v) is 8.37. The van der Waals surface area contributed by atoms with Crippen LogP contribution in [0.2, 0.25) is 0 Å². The van der Waals surface area contributed by atoms with Crippen LogP contribution in [0, 0.1) is 0 Å². The number of aromatic nitrogens is 3. The molecule has 23 heavy (non-hydrogen) atoms. The first-order chi connectivity index (χ1) is 11.3. The van der Waals surface area contributed by atoms with Crippen LogP contribution in [0.4, 0.5) is 0 Å². The number of pyridine rings is 1. The average Bonchev–Trinajstić information content (AvgIpc) is 3.02. The highest BCUT2D eigenvalue weighted by Crippen LogP contribution is 2.37. The number of rotatable bonds is 3. The topological polar surface area (TPSA) is 72.1 Å². The van der Waals surface area contributed by atoms with E-state index in [1.54, 1.807) is 24.5 Å². The van der Waals surface area contributed by atoms with E-state index >= 15 is 0 Å². The van der Waals surface area contributed by atoms with E-state index in [1.807, 2.05) is 4.90 Å². The van der Waals surface area contributed by atoms with E-state index in [2.05, 4.69) is 15.2 Å². The number of hydrogen-bond acceptors (Lipinski definition) is 5. The lowest BCUT2D eigenvalue weighted by Crippen LogP contribution is -2.38. The Morgan fingerprint density at radius 3 is 2.74 bits per heavy atom. The van der Waals surface area contributed by atoms with Crippen LogP contribution in [0.5, 0.6) is 0 Å². The fraction of sp³-hybridized carbons (Fsp3) is 0.529. The molecule has 120 valence electrons. The molecule has 1 saturated heterocycles. The zero-order valence-electron chi connectivity index (χ0n) is 13.0. The normalized spacial score (nSPS) is 21.9. The largest absolute Gasteiger partial charge is 0.423 e. The molecule has 2 aromatic rings. The lowest BCUT2D eigenvalue weighted by Gasteiger charge is -2.33. The van der Waals surface area contributed by atoms with Gasteiger partial charge in [0.2, 0.25) is 11.8 Å². The first-order valence-electron chi connectivity index (χ1n) is 8.37. The molecule has 0 spiro atoms. The van der Waals surface area contributed by atoms with Crippen LogP contribution < -0.4 is 0 Å².